The van der Waals surface area contributed by atoms with Crippen LogP contribution in [-0.4, -0.2) is 22.4 Å². The molecule has 1 aromatic heterocycles. The molecule has 0 radical (unpaired) electrons. The first kappa shape index (κ1) is 18.2. The summed E-state index contributed by atoms with van der Waals surface area (Å²) < 4.78 is 26.7. The number of ether oxygens (including phenoxy) is 2. The number of thiazole rings is 1. The van der Waals surface area contributed by atoms with E-state index in [1.807, 2.05) is 47.8 Å². The lowest BCUT2D eigenvalue weighted by atomic mass is 9.98. The van der Waals surface area contributed by atoms with Crippen LogP contribution < -0.4 is 9.46 Å². The topological polar surface area (TPSA) is 60.5 Å². The van der Waals surface area contributed by atoms with Crippen LogP contribution in [0.1, 0.15) is 24.5 Å². The maximum Gasteiger partial charge on any atom is 0.195 e. The van der Waals surface area contributed by atoms with E-state index in [4.69, 9.17) is 9.47 Å². The van der Waals surface area contributed by atoms with Gasteiger partial charge in [0.25, 0.3) is 0 Å². The van der Waals surface area contributed by atoms with Crippen molar-refractivity contribution in [2.45, 2.75) is 23.7 Å². The third-order valence-corrected chi connectivity index (χ3v) is 6.34. The molecule has 1 aliphatic heterocycles. The summed E-state index contributed by atoms with van der Waals surface area (Å²) >= 11 is 1.49. The van der Waals surface area contributed by atoms with Gasteiger partial charge in [0, 0.05) is 24.5 Å². The van der Waals surface area contributed by atoms with Crippen LogP contribution in [0.2, 0.25) is 0 Å². The zero-order valence-electron chi connectivity index (χ0n) is 14.7. The Bertz CT molecular complexity index is 891. The Hall–Kier alpha value is -2.22. The summed E-state index contributed by atoms with van der Waals surface area (Å²) in [5, 5.41) is 2.73. The van der Waals surface area contributed by atoms with Crippen molar-refractivity contribution >= 4 is 27.5 Å². The molecule has 27 heavy (non-hydrogen) atoms. The van der Waals surface area contributed by atoms with Crippen molar-refractivity contribution in [1.29, 1.82) is 0 Å². The molecule has 140 valence electrons. The van der Waals surface area contributed by atoms with E-state index >= 15 is 0 Å². The summed E-state index contributed by atoms with van der Waals surface area (Å²) in [6, 6.07) is 16.8. The summed E-state index contributed by atoms with van der Waals surface area (Å²) in [5.74, 6) is 1.92. The normalized spacial score (nSPS) is 16.0. The van der Waals surface area contributed by atoms with E-state index in [2.05, 4.69) is 9.71 Å². The van der Waals surface area contributed by atoms with Gasteiger partial charge in [-0.2, -0.15) is 0 Å². The van der Waals surface area contributed by atoms with Crippen LogP contribution in [0.5, 0.6) is 11.5 Å². The van der Waals surface area contributed by atoms with Crippen molar-refractivity contribution in [2.24, 2.45) is 0 Å². The molecule has 2 aromatic carbocycles. The average molecular weight is 401 g/mol. The van der Waals surface area contributed by atoms with Gasteiger partial charge in [0.1, 0.15) is 11.5 Å². The Morgan fingerprint density at radius 2 is 1.74 bits per heavy atom. The predicted molar refractivity (Wildman–Crippen MR) is 108 cm³/mol. The number of aromatic nitrogens is 1. The van der Waals surface area contributed by atoms with Crippen LogP contribution in [0.25, 0.3) is 0 Å². The fourth-order valence-electron chi connectivity index (χ4n) is 2.91. The number of hydrogen-bond donors (Lipinski definition) is 1. The second kappa shape index (κ2) is 8.65. The minimum atomic E-state index is -1.36. The molecule has 4 rings (SSSR count). The van der Waals surface area contributed by atoms with Crippen LogP contribution in [0.15, 0.2) is 64.9 Å². The molecule has 0 amide bonds. The molecule has 0 saturated carbocycles. The van der Waals surface area contributed by atoms with Crippen molar-refractivity contribution in [3.63, 3.8) is 0 Å². The lowest BCUT2D eigenvalue weighted by Crippen LogP contribution is -2.14. The number of para-hydroxylation sites is 1. The largest absolute Gasteiger partial charge is 0.457 e. The van der Waals surface area contributed by atoms with Gasteiger partial charge < -0.3 is 9.47 Å². The van der Waals surface area contributed by atoms with Crippen LogP contribution in [0.4, 0.5) is 5.13 Å². The molecular weight excluding hydrogens is 380 g/mol. The molecule has 1 N–H and O–H groups in total. The molecule has 5 nitrogen and oxygen atoms in total. The van der Waals surface area contributed by atoms with Crippen LogP contribution >= 0.6 is 11.3 Å². The van der Waals surface area contributed by atoms with Gasteiger partial charge in [0.2, 0.25) is 0 Å². The SMILES string of the molecule is O=S(Nc1nc(C2CCOCC2)cs1)c1ccc(Oc2ccccc2)cc1. The summed E-state index contributed by atoms with van der Waals surface area (Å²) in [6.45, 7) is 1.57. The van der Waals surface area contributed by atoms with E-state index in [-0.39, 0.29) is 0 Å². The van der Waals surface area contributed by atoms with Crippen LogP contribution in [0.3, 0.4) is 0 Å². The van der Waals surface area contributed by atoms with E-state index in [0.717, 1.165) is 37.5 Å². The minimum absolute atomic E-state index is 0.438. The molecule has 0 bridgehead atoms. The Morgan fingerprint density at radius 1 is 1.04 bits per heavy atom. The second-order valence-electron chi connectivity index (χ2n) is 6.22. The maximum atomic E-state index is 12.6. The number of hydrogen-bond acceptors (Lipinski definition) is 5. The molecule has 1 aliphatic rings. The summed E-state index contributed by atoms with van der Waals surface area (Å²) in [5.41, 5.74) is 1.06. The molecule has 1 atom stereocenters. The smallest absolute Gasteiger partial charge is 0.195 e. The zero-order valence-corrected chi connectivity index (χ0v) is 16.3. The number of nitrogens with zero attached hydrogens (tertiary/aromatic N) is 1. The van der Waals surface area contributed by atoms with Gasteiger partial charge in [0.15, 0.2) is 16.1 Å². The van der Waals surface area contributed by atoms with Crippen molar-refractivity contribution < 1.29 is 13.7 Å². The highest BCUT2D eigenvalue weighted by Crippen LogP contribution is 2.30. The molecule has 2 heterocycles. The van der Waals surface area contributed by atoms with Gasteiger partial charge in [-0.3, -0.25) is 4.72 Å². The van der Waals surface area contributed by atoms with E-state index in [1.165, 1.54) is 11.3 Å². The van der Waals surface area contributed by atoms with E-state index in [1.54, 1.807) is 12.1 Å². The third-order valence-electron chi connectivity index (χ3n) is 4.36. The van der Waals surface area contributed by atoms with Crippen LogP contribution in [0, 0.1) is 0 Å². The summed E-state index contributed by atoms with van der Waals surface area (Å²) in [4.78, 5) is 5.29. The lowest BCUT2D eigenvalue weighted by molar-refractivity contribution is 0.0846. The van der Waals surface area contributed by atoms with Gasteiger partial charge in [-0.25, -0.2) is 9.19 Å². The fraction of sp³-hybridized carbons (Fsp3) is 0.250. The third kappa shape index (κ3) is 4.74. The maximum absolute atomic E-state index is 12.6. The van der Waals surface area contributed by atoms with Gasteiger partial charge >= 0.3 is 0 Å². The molecule has 1 fully saturated rings. The second-order valence-corrected chi connectivity index (χ2v) is 8.29. The predicted octanol–water partition coefficient (Wildman–Crippen LogP) is 4.96. The summed E-state index contributed by atoms with van der Waals surface area (Å²) in [6.07, 6.45) is 1.99. The van der Waals surface area contributed by atoms with Crippen molar-refractivity contribution in [2.75, 3.05) is 17.9 Å². The highest BCUT2D eigenvalue weighted by molar-refractivity contribution is 7.86. The number of nitrogens with one attached hydrogen (secondary N) is 1. The first-order valence-corrected chi connectivity index (χ1v) is 10.9. The standard InChI is InChI=1S/C20H20N2O3S2/c23-27(22-20-21-19(14-26-20)15-10-12-24-13-11-15)18-8-6-17(7-9-18)25-16-4-2-1-3-5-16/h1-9,14-15H,10-13H2,(H,21,22). The van der Waals surface area contributed by atoms with E-state index in [9.17, 15) is 4.21 Å². The first-order chi connectivity index (χ1) is 13.3. The Morgan fingerprint density at radius 3 is 2.48 bits per heavy atom. The van der Waals surface area contributed by atoms with Crippen molar-refractivity contribution in [3.8, 4) is 11.5 Å². The molecule has 1 unspecified atom stereocenters. The molecule has 0 aliphatic carbocycles. The Labute approximate surface area is 165 Å². The van der Waals surface area contributed by atoms with Gasteiger partial charge in [-0.1, -0.05) is 18.2 Å². The summed E-state index contributed by atoms with van der Waals surface area (Å²) in [7, 11) is -1.36. The highest BCUT2D eigenvalue weighted by Gasteiger charge is 2.19. The first-order valence-electron chi connectivity index (χ1n) is 8.82. The Balaban J connectivity index is 1.37. The molecule has 0 spiro atoms. The minimum Gasteiger partial charge on any atom is -0.457 e. The molecule has 3 aromatic rings. The number of rotatable bonds is 6. The number of anilines is 1. The zero-order chi connectivity index (χ0) is 18.5. The van der Waals surface area contributed by atoms with Crippen LogP contribution in [-0.2, 0) is 15.7 Å². The molecular formula is C20H20N2O3S2. The van der Waals surface area contributed by atoms with Gasteiger partial charge in [-0.15, -0.1) is 11.3 Å². The Kier molecular flexibility index (Phi) is 5.81. The van der Waals surface area contributed by atoms with E-state index in [0.29, 0.717) is 21.7 Å². The van der Waals surface area contributed by atoms with E-state index < -0.39 is 11.0 Å². The van der Waals surface area contributed by atoms with Crippen molar-refractivity contribution in [1.82, 2.24) is 4.98 Å². The quantitative estimate of drug-likeness (QED) is 0.635. The fourth-order valence-corrected chi connectivity index (χ4v) is 4.67. The lowest BCUT2D eigenvalue weighted by Gasteiger charge is -2.19. The average Bonchev–Trinajstić information content (AvgIpc) is 3.18. The van der Waals surface area contributed by atoms with Crippen molar-refractivity contribution in [3.05, 3.63) is 65.7 Å². The number of benzene rings is 2. The molecule has 7 heteroatoms. The van der Waals surface area contributed by atoms with Gasteiger partial charge in [0.05, 0.1) is 10.6 Å². The monoisotopic (exact) mass is 400 g/mol. The molecule has 1 saturated heterocycles. The highest BCUT2D eigenvalue weighted by atomic mass is 32.2. The van der Waals surface area contributed by atoms with Gasteiger partial charge in [-0.05, 0) is 49.2 Å².